The Hall–Kier alpha value is -3.58. The van der Waals surface area contributed by atoms with Crippen LogP contribution < -0.4 is 4.90 Å². The molecule has 7 nitrogen and oxygen atoms in total. The van der Waals surface area contributed by atoms with Crippen molar-refractivity contribution in [1.29, 1.82) is 0 Å². The number of aromatic nitrogens is 5. The van der Waals surface area contributed by atoms with Crippen molar-refractivity contribution in [3.8, 4) is 22.6 Å². The second kappa shape index (κ2) is 6.99. The Morgan fingerprint density at radius 3 is 2.77 bits per heavy atom. The zero-order valence-corrected chi connectivity index (χ0v) is 17.2. The first-order chi connectivity index (χ1) is 15.2. The summed E-state index contributed by atoms with van der Waals surface area (Å²) in [5, 5.41) is 8.91. The lowest BCUT2D eigenvalue weighted by Gasteiger charge is -2.15. The number of fused-ring (bicyclic) bond motifs is 1. The second-order valence-electron chi connectivity index (χ2n) is 7.80. The lowest BCUT2D eigenvalue weighted by atomic mass is 10.0. The van der Waals surface area contributed by atoms with Gasteiger partial charge in [-0.05, 0) is 48.7 Å². The van der Waals surface area contributed by atoms with Crippen LogP contribution in [-0.2, 0) is 6.54 Å². The van der Waals surface area contributed by atoms with Gasteiger partial charge in [-0.1, -0.05) is 23.7 Å². The maximum absolute atomic E-state index is 13.3. The number of benzene rings is 1. The van der Waals surface area contributed by atoms with E-state index < -0.39 is 0 Å². The number of anilines is 1. The molecule has 1 aromatic carbocycles. The standard InChI is InChI=1S/C23H17ClN6O/c24-19-9-15-12-29(23(31)18(15)10-17(19)14-3-2-8-25-11-14)21-5-1-4-20(27-21)22-28-26-13-30(22)16-6-7-16/h1-5,8-11,13,16H,6-7,12H2. The number of nitrogens with zero attached hydrogens (tertiary/aromatic N) is 6. The molecule has 0 radical (unpaired) electrons. The van der Waals surface area contributed by atoms with Gasteiger partial charge in [0.2, 0.25) is 0 Å². The zero-order chi connectivity index (χ0) is 20.9. The Bertz CT molecular complexity index is 1310. The van der Waals surface area contributed by atoms with Gasteiger partial charge in [0.25, 0.3) is 5.91 Å². The third kappa shape index (κ3) is 3.09. The molecule has 8 heteroatoms. The van der Waals surface area contributed by atoms with Gasteiger partial charge in [0.1, 0.15) is 17.8 Å². The molecule has 1 aliphatic carbocycles. The van der Waals surface area contributed by atoms with Gasteiger partial charge in [-0.15, -0.1) is 10.2 Å². The number of carbonyl (C=O) groups is 1. The highest BCUT2D eigenvalue weighted by molar-refractivity contribution is 6.33. The Labute approximate surface area is 183 Å². The molecule has 1 saturated carbocycles. The number of hydrogen-bond acceptors (Lipinski definition) is 5. The molecule has 31 heavy (non-hydrogen) atoms. The minimum Gasteiger partial charge on any atom is -0.309 e. The molecular formula is C23H17ClN6O. The van der Waals surface area contributed by atoms with Crippen molar-refractivity contribution in [3.63, 3.8) is 0 Å². The summed E-state index contributed by atoms with van der Waals surface area (Å²) in [6.07, 6.45) is 7.46. The second-order valence-corrected chi connectivity index (χ2v) is 8.20. The highest BCUT2D eigenvalue weighted by atomic mass is 35.5. The first-order valence-corrected chi connectivity index (χ1v) is 10.5. The Morgan fingerprint density at radius 2 is 1.97 bits per heavy atom. The fourth-order valence-corrected chi connectivity index (χ4v) is 4.30. The summed E-state index contributed by atoms with van der Waals surface area (Å²) in [6, 6.07) is 13.6. The van der Waals surface area contributed by atoms with Gasteiger partial charge >= 0.3 is 0 Å². The molecule has 2 aliphatic rings. The molecular weight excluding hydrogens is 412 g/mol. The Morgan fingerprint density at radius 1 is 1.06 bits per heavy atom. The maximum atomic E-state index is 13.3. The van der Waals surface area contributed by atoms with Crippen LogP contribution in [0, 0.1) is 0 Å². The third-order valence-electron chi connectivity index (χ3n) is 5.72. The molecule has 1 aliphatic heterocycles. The first kappa shape index (κ1) is 18.2. The largest absolute Gasteiger partial charge is 0.309 e. The molecule has 0 spiro atoms. The minimum absolute atomic E-state index is 0.0925. The van der Waals surface area contributed by atoms with Crippen LogP contribution in [0.25, 0.3) is 22.6 Å². The Kier molecular flexibility index (Phi) is 4.11. The van der Waals surface area contributed by atoms with Crippen molar-refractivity contribution in [3.05, 3.63) is 77.3 Å². The monoisotopic (exact) mass is 428 g/mol. The lowest BCUT2D eigenvalue weighted by Crippen LogP contribution is -2.24. The van der Waals surface area contributed by atoms with E-state index in [4.69, 9.17) is 16.6 Å². The van der Waals surface area contributed by atoms with Crippen LogP contribution in [0.2, 0.25) is 5.02 Å². The highest BCUT2D eigenvalue weighted by Crippen LogP contribution is 2.38. The van der Waals surface area contributed by atoms with E-state index in [1.165, 1.54) is 0 Å². The van der Waals surface area contributed by atoms with E-state index in [9.17, 15) is 4.79 Å². The molecule has 0 N–H and O–H groups in total. The van der Waals surface area contributed by atoms with Crippen LogP contribution in [0.5, 0.6) is 0 Å². The summed E-state index contributed by atoms with van der Waals surface area (Å²) < 4.78 is 2.06. The van der Waals surface area contributed by atoms with Crippen molar-refractivity contribution in [1.82, 2.24) is 24.7 Å². The van der Waals surface area contributed by atoms with Gasteiger partial charge in [-0.2, -0.15) is 0 Å². The predicted molar refractivity (Wildman–Crippen MR) is 117 cm³/mol. The predicted octanol–water partition coefficient (Wildman–Crippen LogP) is 4.55. The quantitative estimate of drug-likeness (QED) is 0.476. The van der Waals surface area contributed by atoms with Gasteiger partial charge < -0.3 is 4.57 Å². The van der Waals surface area contributed by atoms with E-state index in [1.807, 2.05) is 42.5 Å². The molecule has 1 fully saturated rings. The van der Waals surface area contributed by atoms with Gasteiger partial charge in [-0.3, -0.25) is 14.7 Å². The van der Waals surface area contributed by atoms with Crippen LogP contribution in [0.1, 0.15) is 34.8 Å². The molecule has 152 valence electrons. The van der Waals surface area contributed by atoms with Gasteiger partial charge in [0.15, 0.2) is 5.82 Å². The number of pyridine rings is 2. The van der Waals surface area contributed by atoms with Crippen molar-refractivity contribution >= 4 is 23.3 Å². The van der Waals surface area contributed by atoms with Gasteiger partial charge in [0.05, 0.1) is 6.54 Å². The molecule has 1 amide bonds. The summed E-state index contributed by atoms with van der Waals surface area (Å²) >= 11 is 6.54. The molecule has 0 bridgehead atoms. The number of rotatable bonds is 4. The summed E-state index contributed by atoms with van der Waals surface area (Å²) in [4.78, 5) is 23.8. The fraction of sp³-hybridized carbons (Fsp3) is 0.174. The molecule has 0 unspecified atom stereocenters. The van der Waals surface area contributed by atoms with E-state index in [0.717, 1.165) is 35.4 Å². The summed E-state index contributed by atoms with van der Waals surface area (Å²) in [5.74, 6) is 1.23. The van der Waals surface area contributed by atoms with E-state index in [0.29, 0.717) is 34.7 Å². The minimum atomic E-state index is -0.0925. The number of halogens is 1. The Balaban J connectivity index is 1.36. The van der Waals surface area contributed by atoms with E-state index in [-0.39, 0.29) is 5.91 Å². The van der Waals surface area contributed by atoms with Gasteiger partial charge in [0, 0.05) is 40.1 Å². The van der Waals surface area contributed by atoms with E-state index in [2.05, 4.69) is 19.7 Å². The smallest absolute Gasteiger partial charge is 0.260 e. The fourth-order valence-electron chi connectivity index (χ4n) is 4.00. The lowest BCUT2D eigenvalue weighted by molar-refractivity contribution is 0.0996. The molecule has 4 heterocycles. The maximum Gasteiger partial charge on any atom is 0.260 e. The van der Waals surface area contributed by atoms with Crippen molar-refractivity contribution in [2.24, 2.45) is 0 Å². The van der Waals surface area contributed by atoms with Crippen LogP contribution >= 0.6 is 11.6 Å². The highest BCUT2D eigenvalue weighted by Gasteiger charge is 2.32. The van der Waals surface area contributed by atoms with Crippen LogP contribution in [0.4, 0.5) is 5.82 Å². The molecule has 0 saturated heterocycles. The van der Waals surface area contributed by atoms with E-state index in [1.54, 1.807) is 23.6 Å². The van der Waals surface area contributed by atoms with Crippen molar-refractivity contribution in [2.45, 2.75) is 25.4 Å². The number of amides is 1. The van der Waals surface area contributed by atoms with Crippen molar-refractivity contribution < 1.29 is 4.79 Å². The third-order valence-corrected chi connectivity index (χ3v) is 6.04. The van der Waals surface area contributed by atoms with Crippen molar-refractivity contribution in [2.75, 3.05) is 4.90 Å². The van der Waals surface area contributed by atoms with Gasteiger partial charge in [-0.25, -0.2) is 4.98 Å². The summed E-state index contributed by atoms with van der Waals surface area (Å²) in [7, 11) is 0. The average Bonchev–Trinajstić information content (AvgIpc) is 3.44. The normalized spacial score (nSPS) is 15.4. The van der Waals surface area contributed by atoms with E-state index >= 15 is 0 Å². The average molecular weight is 429 g/mol. The molecule has 0 atom stereocenters. The molecule has 3 aromatic heterocycles. The summed E-state index contributed by atoms with van der Waals surface area (Å²) in [6.45, 7) is 0.424. The van der Waals surface area contributed by atoms with Crippen LogP contribution in [-0.4, -0.2) is 30.6 Å². The number of hydrogen-bond donors (Lipinski definition) is 0. The molecule has 6 rings (SSSR count). The SMILES string of the molecule is O=C1c2cc(-c3cccnc3)c(Cl)cc2CN1c1cccc(-c2nncn2C2CC2)n1. The topological polar surface area (TPSA) is 76.8 Å². The first-order valence-electron chi connectivity index (χ1n) is 10.1. The van der Waals surface area contributed by atoms with Crippen LogP contribution in [0.15, 0.2) is 61.2 Å². The zero-order valence-electron chi connectivity index (χ0n) is 16.4. The molecule has 4 aromatic rings. The van der Waals surface area contributed by atoms with Crippen LogP contribution in [0.3, 0.4) is 0 Å². The number of carbonyl (C=O) groups excluding carboxylic acids is 1. The summed E-state index contributed by atoms with van der Waals surface area (Å²) in [5.41, 5.74) is 3.90.